The zero-order valence-electron chi connectivity index (χ0n) is 21.4. The van der Waals surface area contributed by atoms with Gasteiger partial charge in [-0.05, 0) is 43.5 Å². The molecular formula is C25H31BrN4O7S. The summed E-state index contributed by atoms with van der Waals surface area (Å²) in [5.41, 5.74) is 0.215. The molecule has 206 valence electrons. The lowest BCUT2D eigenvalue weighted by Crippen LogP contribution is -2.52. The number of nitrogens with zero attached hydrogens (tertiary/aromatic N) is 3. The summed E-state index contributed by atoms with van der Waals surface area (Å²) in [7, 11) is -2.80. The van der Waals surface area contributed by atoms with Crippen LogP contribution in [-0.4, -0.2) is 62.0 Å². The number of rotatable bonds is 11. The van der Waals surface area contributed by atoms with E-state index in [2.05, 4.69) is 21.2 Å². The summed E-state index contributed by atoms with van der Waals surface area (Å²) in [5, 5.41) is 14.4. The minimum absolute atomic E-state index is 0.0365. The van der Waals surface area contributed by atoms with Gasteiger partial charge >= 0.3 is 0 Å². The molecule has 2 amide bonds. The number of carbonyl (C=O) groups excluding carboxylic acids is 2. The van der Waals surface area contributed by atoms with Crippen molar-refractivity contribution in [2.24, 2.45) is 0 Å². The molecule has 1 saturated carbocycles. The highest BCUT2D eigenvalue weighted by molar-refractivity contribution is 9.10. The van der Waals surface area contributed by atoms with Crippen molar-refractivity contribution in [3.05, 3.63) is 62.6 Å². The Kier molecular flexibility index (Phi) is 9.71. The first-order valence-corrected chi connectivity index (χ1v) is 14.7. The number of halogens is 1. The Morgan fingerprint density at radius 3 is 2.47 bits per heavy atom. The number of anilines is 1. The molecule has 1 unspecified atom stereocenters. The van der Waals surface area contributed by atoms with E-state index < -0.39 is 33.4 Å². The van der Waals surface area contributed by atoms with Crippen molar-refractivity contribution in [3.8, 4) is 5.75 Å². The highest BCUT2D eigenvalue weighted by Gasteiger charge is 2.33. The van der Waals surface area contributed by atoms with E-state index in [0.29, 0.717) is 0 Å². The maximum atomic E-state index is 13.7. The quantitative estimate of drug-likeness (QED) is 0.303. The summed E-state index contributed by atoms with van der Waals surface area (Å²) in [6.45, 7) is 0.950. The van der Waals surface area contributed by atoms with Gasteiger partial charge in [-0.25, -0.2) is 8.42 Å². The van der Waals surface area contributed by atoms with Crippen molar-refractivity contribution >= 4 is 49.1 Å². The van der Waals surface area contributed by atoms with E-state index in [9.17, 15) is 28.1 Å². The number of ether oxygens (including phenoxy) is 1. The Bertz CT molecular complexity index is 1300. The van der Waals surface area contributed by atoms with Crippen LogP contribution in [0.3, 0.4) is 0 Å². The maximum absolute atomic E-state index is 13.7. The lowest BCUT2D eigenvalue weighted by molar-refractivity contribution is -0.384. The Hall–Kier alpha value is -3.19. The van der Waals surface area contributed by atoms with Gasteiger partial charge in [-0.1, -0.05) is 40.9 Å². The fourth-order valence-corrected chi connectivity index (χ4v) is 5.68. The Morgan fingerprint density at radius 2 is 1.89 bits per heavy atom. The van der Waals surface area contributed by atoms with Gasteiger partial charge in [-0.2, -0.15) is 0 Å². The molecule has 1 aliphatic carbocycles. The molecule has 0 bridgehead atoms. The van der Waals surface area contributed by atoms with Crippen LogP contribution in [0.1, 0.15) is 38.2 Å². The van der Waals surface area contributed by atoms with Crippen LogP contribution in [0.25, 0.3) is 0 Å². The lowest BCUT2D eigenvalue weighted by atomic mass is 10.1. The van der Waals surface area contributed by atoms with Gasteiger partial charge in [0, 0.05) is 29.2 Å². The summed E-state index contributed by atoms with van der Waals surface area (Å²) in [5.74, 6) is -0.948. The second-order valence-electron chi connectivity index (χ2n) is 9.20. The molecule has 0 spiro atoms. The summed E-state index contributed by atoms with van der Waals surface area (Å²) in [6.07, 6.45) is 4.68. The number of nitro groups is 1. The Morgan fingerprint density at radius 1 is 1.21 bits per heavy atom. The third-order valence-electron chi connectivity index (χ3n) is 6.43. The molecule has 13 heteroatoms. The summed E-state index contributed by atoms with van der Waals surface area (Å²) >= 11 is 3.41. The first-order chi connectivity index (χ1) is 17.9. The van der Waals surface area contributed by atoms with Gasteiger partial charge in [0.2, 0.25) is 21.8 Å². The molecule has 1 N–H and O–H groups in total. The van der Waals surface area contributed by atoms with Crippen molar-refractivity contribution in [2.45, 2.75) is 51.2 Å². The molecule has 0 heterocycles. The smallest absolute Gasteiger partial charge is 0.271 e. The van der Waals surface area contributed by atoms with E-state index in [1.54, 1.807) is 25.1 Å². The van der Waals surface area contributed by atoms with Crippen LogP contribution in [0.4, 0.5) is 11.4 Å². The van der Waals surface area contributed by atoms with Gasteiger partial charge in [0.05, 0.1) is 18.3 Å². The second-order valence-corrected chi connectivity index (χ2v) is 12.0. The maximum Gasteiger partial charge on any atom is 0.271 e. The molecule has 1 fully saturated rings. The van der Waals surface area contributed by atoms with Crippen LogP contribution in [0.15, 0.2) is 46.9 Å². The lowest BCUT2D eigenvalue weighted by Gasteiger charge is -2.32. The third-order valence-corrected chi connectivity index (χ3v) is 8.05. The second kappa shape index (κ2) is 12.6. The summed E-state index contributed by atoms with van der Waals surface area (Å²) in [4.78, 5) is 38.9. The summed E-state index contributed by atoms with van der Waals surface area (Å²) < 4.78 is 32.4. The first-order valence-electron chi connectivity index (χ1n) is 12.0. The standard InChI is InChI=1S/C25H31BrN4O7S/c1-17(25(32)27-20-9-4-5-10-20)28(15-18-7-6-8-19(26)13-18)24(31)16-29(38(3,35)36)22-14-21(30(33)34)11-12-23(22)37-2/h6-8,11-14,17,20H,4-5,9-10,15-16H2,1-3H3,(H,27,32). The van der Waals surface area contributed by atoms with E-state index in [1.807, 2.05) is 6.07 Å². The van der Waals surface area contributed by atoms with Crippen LogP contribution in [0.5, 0.6) is 5.75 Å². The highest BCUT2D eigenvalue weighted by Crippen LogP contribution is 2.34. The number of nitrogens with one attached hydrogen (secondary N) is 1. The summed E-state index contributed by atoms with van der Waals surface area (Å²) in [6, 6.07) is 9.84. The van der Waals surface area contributed by atoms with Crippen LogP contribution in [0, 0.1) is 10.1 Å². The van der Waals surface area contributed by atoms with Crippen LogP contribution >= 0.6 is 15.9 Å². The first kappa shape index (κ1) is 29.4. The Labute approximate surface area is 230 Å². The van der Waals surface area contributed by atoms with Crippen molar-refractivity contribution in [2.75, 3.05) is 24.2 Å². The number of hydrogen-bond acceptors (Lipinski definition) is 7. The average molecular weight is 612 g/mol. The van der Waals surface area contributed by atoms with Gasteiger partial charge in [0.25, 0.3) is 5.69 Å². The fraction of sp³-hybridized carbons (Fsp3) is 0.440. The van der Waals surface area contributed by atoms with Crippen LogP contribution < -0.4 is 14.4 Å². The van der Waals surface area contributed by atoms with Crippen molar-refractivity contribution in [1.29, 1.82) is 0 Å². The van der Waals surface area contributed by atoms with Crippen LogP contribution in [-0.2, 0) is 26.2 Å². The number of methoxy groups -OCH3 is 1. The van der Waals surface area contributed by atoms with Gasteiger partial charge in [-0.3, -0.25) is 24.0 Å². The fourth-order valence-electron chi connectivity index (χ4n) is 4.39. The largest absolute Gasteiger partial charge is 0.495 e. The molecule has 0 radical (unpaired) electrons. The Balaban J connectivity index is 1.97. The highest BCUT2D eigenvalue weighted by atomic mass is 79.9. The van der Waals surface area contributed by atoms with E-state index >= 15 is 0 Å². The molecule has 1 aliphatic rings. The molecule has 0 aliphatic heterocycles. The molecule has 2 aromatic rings. The average Bonchev–Trinajstić information content (AvgIpc) is 3.37. The van der Waals surface area contributed by atoms with E-state index in [4.69, 9.17) is 4.74 Å². The topological polar surface area (TPSA) is 139 Å². The molecule has 1 atom stereocenters. The molecule has 2 aromatic carbocycles. The minimum Gasteiger partial charge on any atom is -0.495 e. The van der Waals surface area contributed by atoms with Crippen molar-refractivity contribution in [1.82, 2.24) is 10.2 Å². The molecule has 11 nitrogen and oxygen atoms in total. The zero-order valence-corrected chi connectivity index (χ0v) is 23.8. The zero-order chi connectivity index (χ0) is 28.0. The van der Waals surface area contributed by atoms with Gasteiger partial charge < -0.3 is 15.0 Å². The SMILES string of the molecule is COc1ccc([N+](=O)[O-])cc1N(CC(=O)N(Cc1cccc(Br)c1)C(C)C(=O)NC1CCCC1)S(C)(=O)=O. The normalized spacial score (nSPS) is 14.5. The van der Waals surface area contributed by atoms with E-state index in [-0.39, 0.29) is 35.6 Å². The van der Waals surface area contributed by atoms with Crippen molar-refractivity contribution in [3.63, 3.8) is 0 Å². The van der Waals surface area contributed by atoms with E-state index in [1.165, 1.54) is 24.1 Å². The number of amides is 2. The van der Waals surface area contributed by atoms with Gasteiger partial charge in [-0.15, -0.1) is 0 Å². The molecule has 3 rings (SSSR count). The third kappa shape index (κ3) is 7.44. The number of sulfonamides is 1. The van der Waals surface area contributed by atoms with Crippen molar-refractivity contribution < 1.29 is 27.7 Å². The minimum atomic E-state index is -4.09. The van der Waals surface area contributed by atoms with E-state index in [0.717, 1.165) is 52.3 Å². The monoisotopic (exact) mass is 610 g/mol. The number of carbonyl (C=O) groups is 2. The van der Waals surface area contributed by atoms with Gasteiger partial charge in [0.15, 0.2) is 0 Å². The molecule has 0 saturated heterocycles. The van der Waals surface area contributed by atoms with Crippen LogP contribution in [0.2, 0.25) is 0 Å². The number of non-ortho nitro benzene ring substituents is 1. The number of benzene rings is 2. The predicted molar refractivity (Wildman–Crippen MR) is 146 cm³/mol. The predicted octanol–water partition coefficient (Wildman–Crippen LogP) is 3.61. The number of hydrogen-bond donors (Lipinski definition) is 1. The van der Waals surface area contributed by atoms with Gasteiger partial charge in [0.1, 0.15) is 24.0 Å². The molecule has 38 heavy (non-hydrogen) atoms. The molecule has 0 aromatic heterocycles. The molecular weight excluding hydrogens is 580 g/mol. The number of nitro benzene ring substituents is 1.